The Hall–Kier alpha value is -1.52. The molecule has 1 saturated carbocycles. The minimum Gasteiger partial charge on any atom is -0.359 e. The van der Waals surface area contributed by atoms with Gasteiger partial charge in [-0.05, 0) is 32.1 Å². The van der Waals surface area contributed by atoms with Gasteiger partial charge in [-0.25, -0.2) is 4.79 Å². The van der Waals surface area contributed by atoms with E-state index in [1.54, 1.807) is 0 Å². The molecule has 0 heterocycles. The Bertz CT molecular complexity index is 297. The van der Waals surface area contributed by atoms with E-state index in [9.17, 15) is 9.59 Å². The molecule has 5 nitrogen and oxygen atoms in total. The van der Waals surface area contributed by atoms with Crippen LogP contribution in [0.2, 0.25) is 0 Å². The Morgan fingerprint density at radius 2 is 2.00 bits per heavy atom. The van der Waals surface area contributed by atoms with Gasteiger partial charge >= 0.3 is 6.03 Å². The van der Waals surface area contributed by atoms with Crippen LogP contribution < -0.4 is 16.0 Å². The molecule has 1 aliphatic rings. The first-order valence-corrected chi connectivity index (χ1v) is 6.62. The summed E-state index contributed by atoms with van der Waals surface area (Å²) in [5, 5.41) is 8.03. The first kappa shape index (κ1) is 14.5. The van der Waals surface area contributed by atoms with Crippen molar-refractivity contribution in [3.8, 4) is 0 Å². The number of nitrogens with one attached hydrogen (secondary N) is 3. The fourth-order valence-electron chi connectivity index (χ4n) is 2.18. The van der Waals surface area contributed by atoms with Crippen molar-refractivity contribution in [3.05, 3.63) is 11.8 Å². The highest BCUT2D eigenvalue weighted by molar-refractivity contribution is 5.74. The molecule has 0 aromatic carbocycles. The van der Waals surface area contributed by atoms with Crippen molar-refractivity contribution in [2.45, 2.75) is 39.0 Å². The van der Waals surface area contributed by atoms with Gasteiger partial charge in [-0.2, -0.15) is 0 Å². The van der Waals surface area contributed by atoms with Gasteiger partial charge < -0.3 is 16.0 Å². The minimum atomic E-state index is -0.182. The molecule has 1 aliphatic carbocycles. The Morgan fingerprint density at radius 1 is 1.28 bits per heavy atom. The molecule has 0 radical (unpaired) electrons. The Kier molecular flexibility index (Phi) is 6.91. The van der Waals surface area contributed by atoms with E-state index in [1.807, 2.05) is 6.20 Å². The van der Waals surface area contributed by atoms with Crippen LogP contribution in [0.25, 0.3) is 0 Å². The van der Waals surface area contributed by atoms with Crippen LogP contribution in [0, 0.1) is 5.92 Å². The topological polar surface area (TPSA) is 70.2 Å². The number of amides is 3. The summed E-state index contributed by atoms with van der Waals surface area (Å²) in [7, 11) is 0. The molecule has 0 aromatic rings. The fraction of sp³-hybridized carbons (Fsp3) is 0.692. The van der Waals surface area contributed by atoms with E-state index in [1.165, 1.54) is 31.3 Å². The van der Waals surface area contributed by atoms with Crippen molar-refractivity contribution in [2.75, 3.05) is 13.1 Å². The van der Waals surface area contributed by atoms with E-state index in [-0.39, 0.29) is 6.03 Å². The lowest BCUT2D eigenvalue weighted by Gasteiger charge is -2.10. The number of hydrogen-bond acceptors (Lipinski definition) is 2. The number of rotatable bonds is 7. The molecule has 0 spiro atoms. The summed E-state index contributed by atoms with van der Waals surface area (Å²) in [5.74, 6) is 0.641. The second kappa shape index (κ2) is 8.55. The second-order valence-corrected chi connectivity index (χ2v) is 4.70. The van der Waals surface area contributed by atoms with Crippen molar-refractivity contribution in [1.82, 2.24) is 16.0 Å². The number of hydrogen-bond donors (Lipinski definition) is 3. The van der Waals surface area contributed by atoms with E-state index in [4.69, 9.17) is 0 Å². The van der Waals surface area contributed by atoms with Crippen molar-refractivity contribution < 1.29 is 9.59 Å². The van der Waals surface area contributed by atoms with Gasteiger partial charge in [-0.3, -0.25) is 4.79 Å². The van der Waals surface area contributed by atoms with Crippen LogP contribution >= 0.6 is 0 Å². The predicted octanol–water partition coefficient (Wildman–Crippen LogP) is 1.52. The zero-order valence-corrected chi connectivity index (χ0v) is 11.0. The maximum Gasteiger partial charge on any atom is 0.318 e. The summed E-state index contributed by atoms with van der Waals surface area (Å²) in [4.78, 5) is 21.4. The normalized spacial score (nSPS) is 16.4. The second-order valence-electron chi connectivity index (χ2n) is 4.70. The lowest BCUT2D eigenvalue weighted by Crippen LogP contribution is -2.34. The van der Waals surface area contributed by atoms with E-state index >= 15 is 0 Å². The Morgan fingerprint density at radius 3 is 2.67 bits per heavy atom. The number of carbonyl (C=O) groups is 2. The summed E-state index contributed by atoms with van der Waals surface area (Å²) >= 11 is 0. The average Bonchev–Trinajstić information content (AvgIpc) is 2.89. The van der Waals surface area contributed by atoms with Crippen LogP contribution in [-0.2, 0) is 4.79 Å². The largest absolute Gasteiger partial charge is 0.359 e. The highest BCUT2D eigenvalue weighted by atomic mass is 16.2. The zero-order valence-electron chi connectivity index (χ0n) is 11.0. The monoisotopic (exact) mass is 253 g/mol. The van der Waals surface area contributed by atoms with Gasteiger partial charge in [-0.15, -0.1) is 0 Å². The van der Waals surface area contributed by atoms with E-state index in [0.29, 0.717) is 25.4 Å². The van der Waals surface area contributed by atoms with Crippen LogP contribution in [0.4, 0.5) is 4.79 Å². The lowest BCUT2D eigenvalue weighted by atomic mass is 10.0. The molecule has 0 aliphatic heterocycles. The smallest absolute Gasteiger partial charge is 0.318 e. The molecule has 0 aromatic heterocycles. The molecule has 1 fully saturated rings. The highest BCUT2D eigenvalue weighted by Crippen LogP contribution is 2.30. The molecule has 0 saturated heterocycles. The van der Waals surface area contributed by atoms with Crippen molar-refractivity contribution >= 4 is 12.4 Å². The fourth-order valence-corrected chi connectivity index (χ4v) is 2.18. The highest BCUT2D eigenvalue weighted by Gasteiger charge is 2.16. The summed E-state index contributed by atoms with van der Waals surface area (Å²) in [5.41, 5.74) is 1.25. The van der Waals surface area contributed by atoms with Crippen LogP contribution in [0.1, 0.15) is 39.0 Å². The van der Waals surface area contributed by atoms with Gasteiger partial charge in [0.05, 0.1) is 0 Å². The number of urea groups is 1. The van der Waals surface area contributed by atoms with Crippen LogP contribution in [0.15, 0.2) is 11.8 Å². The molecule has 0 atom stereocenters. The van der Waals surface area contributed by atoms with E-state index in [2.05, 4.69) is 22.9 Å². The Labute approximate surface area is 108 Å². The van der Waals surface area contributed by atoms with Crippen LogP contribution in [-0.4, -0.2) is 25.5 Å². The molecule has 3 N–H and O–H groups in total. The van der Waals surface area contributed by atoms with E-state index in [0.717, 1.165) is 6.42 Å². The van der Waals surface area contributed by atoms with Crippen molar-refractivity contribution in [1.29, 1.82) is 0 Å². The zero-order chi connectivity index (χ0) is 13.2. The summed E-state index contributed by atoms with van der Waals surface area (Å²) in [6, 6.07) is -0.182. The first-order valence-electron chi connectivity index (χ1n) is 6.62. The first-order chi connectivity index (χ1) is 8.74. The molecule has 3 amide bonds. The SMILES string of the molecule is C/C(=C\NC(=O)NCCCNC=O)C1CCCC1. The standard InChI is InChI=1S/C13H23N3O2/c1-11(12-5-2-3-6-12)9-16-13(18)15-8-4-7-14-10-17/h9-10,12H,2-8H2,1H3,(H,14,17)(H2,15,16,18)/b11-9+. The molecule has 18 heavy (non-hydrogen) atoms. The molecule has 1 rings (SSSR count). The number of allylic oxidation sites excluding steroid dienone is 1. The molecule has 102 valence electrons. The van der Waals surface area contributed by atoms with E-state index < -0.39 is 0 Å². The summed E-state index contributed by atoms with van der Waals surface area (Å²) in [6.07, 6.45) is 8.28. The molecular weight excluding hydrogens is 230 g/mol. The lowest BCUT2D eigenvalue weighted by molar-refractivity contribution is -0.109. The quantitative estimate of drug-likeness (QED) is 0.475. The Balaban J connectivity index is 2.11. The molecule has 0 bridgehead atoms. The van der Waals surface area contributed by atoms with Gasteiger partial charge in [0.1, 0.15) is 0 Å². The number of carbonyl (C=O) groups excluding carboxylic acids is 2. The van der Waals surface area contributed by atoms with Crippen molar-refractivity contribution in [2.24, 2.45) is 5.92 Å². The predicted molar refractivity (Wildman–Crippen MR) is 70.9 cm³/mol. The van der Waals surface area contributed by atoms with Crippen LogP contribution in [0.5, 0.6) is 0 Å². The van der Waals surface area contributed by atoms with Crippen molar-refractivity contribution in [3.63, 3.8) is 0 Å². The third-order valence-corrected chi connectivity index (χ3v) is 3.30. The van der Waals surface area contributed by atoms with Gasteiger partial charge in [0.2, 0.25) is 6.41 Å². The molecule has 5 heteroatoms. The van der Waals surface area contributed by atoms with Gasteiger partial charge in [0.25, 0.3) is 0 Å². The minimum absolute atomic E-state index is 0.182. The maximum absolute atomic E-state index is 11.4. The summed E-state index contributed by atoms with van der Waals surface area (Å²) in [6.45, 7) is 3.22. The average molecular weight is 253 g/mol. The molecule has 0 unspecified atom stereocenters. The van der Waals surface area contributed by atoms with Gasteiger partial charge in [0, 0.05) is 19.3 Å². The molecular formula is C13H23N3O2. The summed E-state index contributed by atoms with van der Waals surface area (Å²) < 4.78 is 0. The van der Waals surface area contributed by atoms with Gasteiger partial charge in [-0.1, -0.05) is 18.4 Å². The van der Waals surface area contributed by atoms with Gasteiger partial charge in [0.15, 0.2) is 0 Å². The third-order valence-electron chi connectivity index (χ3n) is 3.30. The third kappa shape index (κ3) is 5.70. The van der Waals surface area contributed by atoms with Crippen LogP contribution in [0.3, 0.4) is 0 Å². The maximum atomic E-state index is 11.4.